The average molecular weight is 328 g/mol. The summed E-state index contributed by atoms with van der Waals surface area (Å²) in [6.07, 6.45) is 5.77. The molecule has 0 unspecified atom stereocenters. The second-order valence-corrected chi connectivity index (χ2v) is 6.53. The molecule has 128 valence electrons. The number of benzene rings is 1. The van der Waals surface area contributed by atoms with Gasteiger partial charge in [-0.25, -0.2) is 9.97 Å². The topological polar surface area (TPSA) is 50.7 Å². The Morgan fingerprint density at radius 2 is 1.67 bits per heavy atom. The summed E-state index contributed by atoms with van der Waals surface area (Å²) < 4.78 is 10.8. The van der Waals surface area contributed by atoms with Crippen molar-refractivity contribution in [2.75, 3.05) is 45.3 Å². The highest BCUT2D eigenvalue weighted by Gasteiger charge is 2.28. The zero-order valence-electron chi connectivity index (χ0n) is 14.4. The van der Waals surface area contributed by atoms with Gasteiger partial charge in [-0.15, -0.1) is 0 Å². The predicted octanol–water partition coefficient (Wildman–Crippen LogP) is 2.32. The van der Waals surface area contributed by atoms with Crippen LogP contribution in [0, 0.1) is 0 Å². The van der Waals surface area contributed by atoms with Crippen LogP contribution in [0.5, 0.6) is 11.5 Å². The number of aromatic nitrogens is 2. The van der Waals surface area contributed by atoms with Crippen LogP contribution in [-0.4, -0.2) is 61.3 Å². The van der Waals surface area contributed by atoms with Gasteiger partial charge < -0.3 is 14.4 Å². The summed E-state index contributed by atoms with van der Waals surface area (Å²) in [6.45, 7) is 4.25. The van der Waals surface area contributed by atoms with Gasteiger partial charge in [0, 0.05) is 43.7 Å². The second kappa shape index (κ2) is 6.43. The third-order valence-electron chi connectivity index (χ3n) is 5.32. The van der Waals surface area contributed by atoms with Gasteiger partial charge in [0.2, 0.25) is 0 Å². The molecule has 0 atom stereocenters. The molecule has 24 heavy (non-hydrogen) atoms. The Kier molecular flexibility index (Phi) is 4.14. The summed E-state index contributed by atoms with van der Waals surface area (Å²) in [5.74, 6) is 2.41. The van der Waals surface area contributed by atoms with Crippen LogP contribution >= 0.6 is 0 Å². The Labute approximate surface area is 142 Å². The van der Waals surface area contributed by atoms with E-state index in [1.165, 1.54) is 19.3 Å². The van der Waals surface area contributed by atoms with E-state index in [-0.39, 0.29) is 0 Å². The minimum atomic E-state index is 0.699. The normalized spacial score (nSPS) is 19.3. The molecule has 1 aliphatic carbocycles. The molecule has 1 aliphatic heterocycles. The van der Waals surface area contributed by atoms with Crippen LogP contribution < -0.4 is 14.4 Å². The van der Waals surface area contributed by atoms with Crippen molar-refractivity contribution < 1.29 is 9.47 Å². The number of piperazine rings is 1. The molecule has 1 saturated heterocycles. The van der Waals surface area contributed by atoms with Crippen molar-refractivity contribution in [2.45, 2.75) is 25.3 Å². The van der Waals surface area contributed by atoms with E-state index in [1.54, 1.807) is 20.5 Å². The van der Waals surface area contributed by atoms with Crippen molar-refractivity contribution in [3.63, 3.8) is 0 Å². The molecule has 0 N–H and O–H groups in total. The van der Waals surface area contributed by atoms with E-state index in [9.17, 15) is 0 Å². The summed E-state index contributed by atoms with van der Waals surface area (Å²) in [6, 6.07) is 4.73. The summed E-state index contributed by atoms with van der Waals surface area (Å²) in [4.78, 5) is 14.0. The Bertz CT molecular complexity index is 724. The third-order valence-corrected chi connectivity index (χ3v) is 5.32. The van der Waals surface area contributed by atoms with Crippen LogP contribution in [0.25, 0.3) is 10.9 Å². The van der Waals surface area contributed by atoms with Crippen LogP contribution in [0.1, 0.15) is 19.3 Å². The lowest BCUT2D eigenvalue weighted by Crippen LogP contribution is -2.52. The van der Waals surface area contributed by atoms with Gasteiger partial charge >= 0.3 is 0 Å². The molecular weight excluding hydrogens is 304 g/mol. The molecule has 2 aromatic rings. The van der Waals surface area contributed by atoms with Gasteiger partial charge in [0.25, 0.3) is 0 Å². The van der Waals surface area contributed by atoms with Gasteiger partial charge in [0.05, 0.1) is 19.7 Å². The molecule has 0 radical (unpaired) electrons. The van der Waals surface area contributed by atoms with Crippen LogP contribution in [0.3, 0.4) is 0 Å². The second-order valence-electron chi connectivity index (χ2n) is 6.53. The molecule has 1 saturated carbocycles. The van der Waals surface area contributed by atoms with Crippen molar-refractivity contribution in [3.8, 4) is 11.5 Å². The van der Waals surface area contributed by atoms with Gasteiger partial charge in [-0.2, -0.15) is 0 Å². The first-order valence-corrected chi connectivity index (χ1v) is 8.66. The molecule has 2 heterocycles. The van der Waals surface area contributed by atoms with Crippen molar-refractivity contribution in [2.24, 2.45) is 0 Å². The maximum atomic E-state index is 5.45. The number of hydrogen-bond donors (Lipinski definition) is 0. The lowest BCUT2D eigenvalue weighted by Gasteiger charge is -2.43. The lowest BCUT2D eigenvalue weighted by molar-refractivity contribution is 0.120. The summed E-state index contributed by atoms with van der Waals surface area (Å²) in [5, 5.41) is 1.02. The third kappa shape index (κ3) is 2.65. The molecule has 6 nitrogen and oxygen atoms in total. The molecule has 0 amide bonds. The number of hydrogen-bond acceptors (Lipinski definition) is 6. The standard InChI is InChI=1S/C18H24N4O2/c1-23-16-10-14-15(11-17(16)24-2)19-12-20-18(14)22-8-6-21(7-9-22)13-4-3-5-13/h10-13H,3-9H2,1-2H3. The minimum Gasteiger partial charge on any atom is -0.493 e. The molecule has 0 bridgehead atoms. The van der Waals surface area contributed by atoms with E-state index in [4.69, 9.17) is 9.47 Å². The fourth-order valence-corrected chi connectivity index (χ4v) is 3.67. The first kappa shape index (κ1) is 15.4. The quantitative estimate of drug-likeness (QED) is 0.858. The van der Waals surface area contributed by atoms with Crippen molar-refractivity contribution in [1.82, 2.24) is 14.9 Å². The highest BCUT2D eigenvalue weighted by molar-refractivity contribution is 5.92. The zero-order chi connectivity index (χ0) is 16.5. The number of ether oxygens (including phenoxy) is 2. The van der Waals surface area contributed by atoms with E-state index in [2.05, 4.69) is 19.8 Å². The average Bonchev–Trinajstić information content (AvgIpc) is 2.59. The van der Waals surface area contributed by atoms with Gasteiger partial charge in [0.15, 0.2) is 11.5 Å². The number of nitrogens with zero attached hydrogens (tertiary/aromatic N) is 4. The first-order valence-electron chi connectivity index (χ1n) is 8.66. The molecule has 6 heteroatoms. The Hall–Kier alpha value is -2.08. The predicted molar refractivity (Wildman–Crippen MR) is 94.1 cm³/mol. The number of rotatable bonds is 4. The van der Waals surface area contributed by atoms with Crippen LogP contribution in [0.2, 0.25) is 0 Å². The fraction of sp³-hybridized carbons (Fsp3) is 0.556. The Morgan fingerprint density at radius 1 is 0.958 bits per heavy atom. The highest BCUT2D eigenvalue weighted by Crippen LogP contribution is 2.35. The summed E-state index contributed by atoms with van der Waals surface area (Å²) in [7, 11) is 3.30. The SMILES string of the molecule is COc1cc2ncnc(N3CCN(C4CCC4)CC3)c2cc1OC. The lowest BCUT2D eigenvalue weighted by atomic mass is 9.91. The van der Waals surface area contributed by atoms with Gasteiger partial charge in [-0.05, 0) is 18.9 Å². The largest absolute Gasteiger partial charge is 0.493 e. The summed E-state index contributed by atoms with van der Waals surface area (Å²) >= 11 is 0. The molecule has 2 fully saturated rings. The monoisotopic (exact) mass is 328 g/mol. The molecule has 0 spiro atoms. The van der Waals surface area contributed by atoms with E-state index in [0.29, 0.717) is 11.5 Å². The smallest absolute Gasteiger partial charge is 0.162 e. The maximum Gasteiger partial charge on any atom is 0.162 e. The van der Waals surface area contributed by atoms with Crippen molar-refractivity contribution in [3.05, 3.63) is 18.5 Å². The van der Waals surface area contributed by atoms with Gasteiger partial charge in [-0.3, -0.25) is 4.90 Å². The molecular formula is C18H24N4O2. The van der Waals surface area contributed by atoms with Crippen LogP contribution in [-0.2, 0) is 0 Å². The molecule has 1 aromatic carbocycles. The molecule has 4 rings (SSSR count). The van der Waals surface area contributed by atoms with Crippen LogP contribution in [0.4, 0.5) is 5.82 Å². The fourth-order valence-electron chi connectivity index (χ4n) is 3.67. The van der Waals surface area contributed by atoms with Gasteiger partial charge in [-0.1, -0.05) is 6.42 Å². The van der Waals surface area contributed by atoms with Crippen molar-refractivity contribution >= 4 is 16.7 Å². The number of methoxy groups -OCH3 is 2. The van der Waals surface area contributed by atoms with E-state index in [0.717, 1.165) is 48.9 Å². The molecule has 2 aliphatic rings. The van der Waals surface area contributed by atoms with E-state index < -0.39 is 0 Å². The number of fused-ring (bicyclic) bond motifs is 1. The Balaban J connectivity index is 1.62. The van der Waals surface area contributed by atoms with Crippen LogP contribution in [0.15, 0.2) is 18.5 Å². The van der Waals surface area contributed by atoms with E-state index in [1.807, 2.05) is 12.1 Å². The van der Waals surface area contributed by atoms with Gasteiger partial charge in [0.1, 0.15) is 12.1 Å². The van der Waals surface area contributed by atoms with E-state index >= 15 is 0 Å². The molecule has 1 aromatic heterocycles. The highest BCUT2D eigenvalue weighted by atomic mass is 16.5. The number of anilines is 1. The summed E-state index contributed by atoms with van der Waals surface area (Å²) in [5.41, 5.74) is 0.888. The zero-order valence-corrected chi connectivity index (χ0v) is 14.4. The first-order chi connectivity index (χ1) is 11.8. The van der Waals surface area contributed by atoms with Crippen molar-refractivity contribution in [1.29, 1.82) is 0 Å². The maximum absolute atomic E-state index is 5.45. The Morgan fingerprint density at radius 3 is 2.29 bits per heavy atom. The minimum absolute atomic E-state index is 0.699.